The quantitative estimate of drug-likeness (QED) is 0.233. The Kier molecular flexibility index (Phi) is 7.89. The van der Waals surface area contributed by atoms with Crippen molar-refractivity contribution in [2.75, 3.05) is 40.6 Å². The average Bonchev–Trinajstić information content (AvgIpc) is 3.06. The summed E-state index contributed by atoms with van der Waals surface area (Å²) in [6, 6.07) is 10.9. The molecule has 1 heterocycles. The van der Waals surface area contributed by atoms with E-state index in [1.165, 1.54) is 19.1 Å². The Morgan fingerprint density at radius 2 is 1.78 bits per heavy atom. The van der Waals surface area contributed by atoms with E-state index in [-0.39, 0.29) is 37.7 Å². The molecule has 0 aliphatic carbocycles. The molecule has 2 N–H and O–H groups in total. The molecular formula is C23H24BrNO7. The highest BCUT2D eigenvalue weighted by Crippen LogP contribution is 2.43. The van der Waals surface area contributed by atoms with Crippen molar-refractivity contribution in [2.24, 2.45) is 0 Å². The number of hydrogen-bond acceptors (Lipinski definition) is 7. The van der Waals surface area contributed by atoms with Gasteiger partial charge in [-0.25, -0.2) is 0 Å². The third-order valence-electron chi connectivity index (χ3n) is 5.10. The van der Waals surface area contributed by atoms with Crippen molar-refractivity contribution in [1.29, 1.82) is 0 Å². The lowest BCUT2D eigenvalue weighted by Gasteiger charge is -2.26. The van der Waals surface area contributed by atoms with Crippen LogP contribution in [0.4, 0.5) is 0 Å². The number of likely N-dealkylation sites (tertiary alicyclic amines) is 1. The van der Waals surface area contributed by atoms with E-state index >= 15 is 0 Å². The van der Waals surface area contributed by atoms with Gasteiger partial charge in [0, 0.05) is 22.1 Å². The third-order valence-corrected chi connectivity index (χ3v) is 5.63. The van der Waals surface area contributed by atoms with E-state index in [4.69, 9.17) is 19.3 Å². The first-order valence-electron chi connectivity index (χ1n) is 9.87. The van der Waals surface area contributed by atoms with Crippen LogP contribution in [0.2, 0.25) is 0 Å². The van der Waals surface area contributed by atoms with Crippen LogP contribution < -0.4 is 9.47 Å². The Bertz CT molecular complexity index is 1020. The molecule has 8 nitrogen and oxygen atoms in total. The number of aliphatic hydroxyl groups is 2. The Balaban J connectivity index is 2.16. The monoisotopic (exact) mass is 505 g/mol. The van der Waals surface area contributed by atoms with Gasteiger partial charge in [-0.15, -0.1) is 0 Å². The van der Waals surface area contributed by atoms with Gasteiger partial charge in [0.15, 0.2) is 0 Å². The molecule has 0 radical (unpaired) electrons. The smallest absolute Gasteiger partial charge is 0.295 e. The van der Waals surface area contributed by atoms with Gasteiger partial charge in [-0.2, -0.15) is 0 Å². The number of aliphatic hydroxyl groups excluding tert-OH is 2. The number of amides is 1. The summed E-state index contributed by atoms with van der Waals surface area (Å²) in [6.07, 6.45) is 0. The Morgan fingerprint density at radius 3 is 2.41 bits per heavy atom. The third kappa shape index (κ3) is 4.79. The highest BCUT2D eigenvalue weighted by Gasteiger charge is 2.47. The molecule has 1 saturated heterocycles. The van der Waals surface area contributed by atoms with Crippen LogP contribution in [-0.4, -0.2) is 67.4 Å². The van der Waals surface area contributed by atoms with Crippen molar-refractivity contribution in [1.82, 2.24) is 4.90 Å². The molecule has 0 aromatic heterocycles. The van der Waals surface area contributed by atoms with Gasteiger partial charge in [-0.1, -0.05) is 28.1 Å². The molecule has 170 valence electrons. The van der Waals surface area contributed by atoms with Crippen LogP contribution in [0, 0.1) is 0 Å². The molecule has 0 bridgehead atoms. The van der Waals surface area contributed by atoms with Gasteiger partial charge in [-0.3, -0.25) is 9.59 Å². The van der Waals surface area contributed by atoms with E-state index in [0.717, 1.165) is 4.47 Å². The molecule has 32 heavy (non-hydrogen) atoms. The fraction of sp³-hybridized carbons (Fsp3) is 0.304. The van der Waals surface area contributed by atoms with E-state index in [1.54, 1.807) is 42.5 Å². The number of ketones is 1. The first-order valence-corrected chi connectivity index (χ1v) is 10.7. The molecule has 1 aliphatic rings. The second-order valence-corrected chi connectivity index (χ2v) is 7.86. The lowest BCUT2D eigenvalue weighted by Crippen LogP contribution is -2.33. The number of ether oxygens (including phenoxy) is 3. The van der Waals surface area contributed by atoms with Crippen LogP contribution >= 0.6 is 15.9 Å². The highest BCUT2D eigenvalue weighted by atomic mass is 79.9. The number of carbonyl (C=O) groups is 2. The summed E-state index contributed by atoms with van der Waals surface area (Å²) in [7, 11) is 2.99. The first kappa shape index (κ1) is 23.8. The summed E-state index contributed by atoms with van der Waals surface area (Å²) in [5.74, 6) is -0.912. The van der Waals surface area contributed by atoms with Crippen molar-refractivity contribution in [3.8, 4) is 11.5 Å². The summed E-state index contributed by atoms with van der Waals surface area (Å²) >= 11 is 3.34. The van der Waals surface area contributed by atoms with E-state index < -0.39 is 17.7 Å². The molecule has 1 unspecified atom stereocenters. The maximum Gasteiger partial charge on any atom is 0.295 e. The van der Waals surface area contributed by atoms with Crippen molar-refractivity contribution in [2.45, 2.75) is 6.04 Å². The predicted molar refractivity (Wildman–Crippen MR) is 121 cm³/mol. The van der Waals surface area contributed by atoms with Crippen LogP contribution in [0.3, 0.4) is 0 Å². The molecule has 2 aromatic rings. The molecule has 1 aliphatic heterocycles. The number of benzene rings is 2. The SMILES string of the molecule is COc1ccc(OC)c(C2C(=C(O)c3ccc(Br)cc3)C(=O)C(=O)N2CCOCCO)c1. The summed E-state index contributed by atoms with van der Waals surface area (Å²) < 4.78 is 16.9. The standard InChI is InChI=1S/C23H24BrNO7/c1-30-16-7-8-18(31-2)17(13-16)20-19(21(27)14-3-5-15(24)6-4-14)22(28)23(29)25(20)9-11-32-12-10-26/h3-8,13,20,26-27H,9-12H2,1-2H3. The number of rotatable bonds is 9. The van der Waals surface area contributed by atoms with Gasteiger partial charge < -0.3 is 29.3 Å². The molecular weight excluding hydrogens is 482 g/mol. The zero-order valence-corrected chi connectivity index (χ0v) is 19.3. The van der Waals surface area contributed by atoms with Crippen molar-refractivity contribution in [3.63, 3.8) is 0 Å². The minimum absolute atomic E-state index is 0.0500. The molecule has 0 spiro atoms. The normalized spacial score (nSPS) is 17.6. The minimum atomic E-state index is -0.915. The molecule has 0 saturated carbocycles. The van der Waals surface area contributed by atoms with Crippen LogP contribution in [0.25, 0.3) is 5.76 Å². The van der Waals surface area contributed by atoms with Crippen molar-refractivity contribution in [3.05, 3.63) is 63.6 Å². The van der Waals surface area contributed by atoms with E-state index in [9.17, 15) is 14.7 Å². The molecule has 1 amide bonds. The number of methoxy groups -OCH3 is 2. The van der Waals surface area contributed by atoms with Crippen LogP contribution in [0.15, 0.2) is 52.5 Å². The molecule has 1 fully saturated rings. The van der Waals surface area contributed by atoms with E-state index in [2.05, 4.69) is 15.9 Å². The second-order valence-electron chi connectivity index (χ2n) is 6.94. The Hall–Kier alpha value is -2.88. The summed E-state index contributed by atoms with van der Waals surface area (Å²) in [5.41, 5.74) is 0.840. The van der Waals surface area contributed by atoms with E-state index in [1.807, 2.05) is 0 Å². The zero-order valence-electron chi connectivity index (χ0n) is 17.7. The zero-order chi connectivity index (χ0) is 23.3. The molecule has 1 atom stereocenters. The van der Waals surface area contributed by atoms with Gasteiger partial charge in [0.05, 0.1) is 45.7 Å². The summed E-state index contributed by atoms with van der Waals surface area (Å²) in [4.78, 5) is 27.3. The van der Waals surface area contributed by atoms with Crippen molar-refractivity contribution >= 4 is 33.4 Å². The fourth-order valence-corrected chi connectivity index (χ4v) is 3.84. The lowest BCUT2D eigenvalue weighted by molar-refractivity contribution is -0.140. The highest BCUT2D eigenvalue weighted by molar-refractivity contribution is 9.10. The molecule has 2 aromatic carbocycles. The second kappa shape index (κ2) is 10.6. The number of hydrogen-bond donors (Lipinski definition) is 2. The lowest BCUT2D eigenvalue weighted by atomic mass is 9.94. The molecule has 9 heteroatoms. The van der Waals surface area contributed by atoms with Gasteiger partial charge in [0.1, 0.15) is 17.3 Å². The predicted octanol–water partition coefficient (Wildman–Crippen LogP) is 2.90. The number of Topliss-reactive ketones (excluding diaryl/α,β-unsaturated/α-hetero) is 1. The summed E-state index contributed by atoms with van der Waals surface area (Å²) in [5, 5.41) is 20.0. The maximum absolute atomic E-state index is 13.1. The van der Waals surface area contributed by atoms with E-state index in [0.29, 0.717) is 22.6 Å². The van der Waals surface area contributed by atoms with Gasteiger partial charge in [0.25, 0.3) is 11.7 Å². The number of halogens is 1. The Morgan fingerprint density at radius 1 is 1.06 bits per heavy atom. The van der Waals surface area contributed by atoms with Gasteiger partial charge in [-0.05, 0) is 30.3 Å². The molecule has 3 rings (SSSR count). The van der Waals surface area contributed by atoms with Crippen molar-refractivity contribution < 1.29 is 34.0 Å². The van der Waals surface area contributed by atoms with Gasteiger partial charge in [0.2, 0.25) is 0 Å². The largest absolute Gasteiger partial charge is 0.507 e. The summed E-state index contributed by atoms with van der Waals surface area (Å²) in [6.45, 7) is 0.132. The number of nitrogens with zero attached hydrogens (tertiary/aromatic N) is 1. The topological polar surface area (TPSA) is 106 Å². The van der Waals surface area contributed by atoms with Gasteiger partial charge >= 0.3 is 0 Å². The Labute approximate surface area is 194 Å². The fourth-order valence-electron chi connectivity index (χ4n) is 3.58. The first-order chi connectivity index (χ1) is 15.4. The van der Waals surface area contributed by atoms with Crippen LogP contribution in [0.5, 0.6) is 11.5 Å². The number of carbonyl (C=O) groups excluding carboxylic acids is 2. The maximum atomic E-state index is 13.1. The van der Waals surface area contributed by atoms with Crippen LogP contribution in [0.1, 0.15) is 17.2 Å². The van der Waals surface area contributed by atoms with Crippen LogP contribution in [-0.2, 0) is 14.3 Å². The average molecular weight is 506 g/mol. The minimum Gasteiger partial charge on any atom is -0.507 e.